The van der Waals surface area contributed by atoms with Gasteiger partial charge in [0, 0.05) is 49.3 Å². The van der Waals surface area contributed by atoms with E-state index in [9.17, 15) is 5.26 Å². The first kappa shape index (κ1) is 65.2. The molecule has 13 rings (SSSR count). The van der Waals surface area contributed by atoms with Crippen molar-refractivity contribution in [3.8, 4) is 51.3 Å². The van der Waals surface area contributed by atoms with E-state index in [1.165, 1.54) is 27.8 Å². The summed E-state index contributed by atoms with van der Waals surface area (Å²) in [5, 5.41) is 23.0. The fourth-order valence-electron chi connectivity index (χ4n) is 14.4. The second kappa shape index (κ2) is 23.1. The summed E-state index contributed by atoms with van der Waals surface area (Å²) in [6.07, 6.45) is 12.7. The molecular weight excluding hydrogens is 1170 g/mol. The van der Waals surface area contributed by atoms with Crippen molar-refractivity contribution in [3.63, 3.8) is 0 Å². The van der Waals surface area contributed by atoms with Crippen LogP contribution < -0.4 is 5.32 Å². The van der Waals surface area contributed by atoms with Gasteiger partial charge in [0.15, 0.2) is 11.4 Å². The maximum Gasteiger partial charge on any atom is 0.163 e. The lowest BCUT2D eigenvalue weighted by atomic mass is 9.58. The Morgan fingerprint density at radius 3 is 1.43 bits per heavy atom. The van der Waals surface area contributed by atoms with E-state index in [1.807, 2.05) is 36.4 Å². The van der Waals surface area contributed by atoms with E-state index in [1.54, 1.807) is 0 Å². The molecular formula is C89H94N6O. The summed E-state index contributed by atoms with van der Waals surface area (Å²) in [6, 6.07) is 59.7. The van der Waals surface area contributed by atoms with Crippen LogP contribution in [0.4, 0.5) is 5.69 Å². The van der Waals surface area contributed by atoms with Gasteiger partial charge in [-0.2, -0.15) is 5.26 Å². The Morgan fingerprint density at radius 1 is 0.521 bits per heavy atom. The first-order valence-corrected chi connectivity index (χ1v) is 34.3. The van der Waals surface area contributed by atoms with Gasteiger partial charge in [0.05, 0.1) is 50.2 Å². The zero-order valence-corrected chi connectivity index (χ0v) is 60.0. The summed E-state index contributed by atoms with van der Waals surface area (Å²) in [5.41, 5.74) is 17.6. The monoisotopic (exact) mass is 1260 g/mol. The second-order valence-corrected chi connectivity index (χ2v) is 33.5. The molecule has 7 heteroatoms. The number of aromatic nitrogens is 4. The molecule has 486 valence electrons. The number of benzene rings is 8. The molecule has 96 heavy (non-hydrogen) atoms. The highest BCUT2D eigenvalue weighted by molar-refractivity contribution is 6.22. The molecule has 0 radical (unpaired) electrons. The summed E-state index contributed by atoms with van der Waals surface area (Å²) in [7, 11) is 0. The lowest BCUT2D eigenvalue weighted by Crippen LogP contribution is -2.38. The van der Waals surface area contributed by atoms with Gasteiger partial charge in [0.25, 0.3) is 0 Å². The van der Waals surface area contributed by atoms with Gasteiger partial charge in [-0.25, -0.2) is 9.97 Å². The lowest BCUT2D eigenvalue weighted by Gasteiger charge is -2.46. The van der Waals surface area contributed by atoms with Crippen LogP contribution in [0.5, 0.6) is 0 Å². The van der Waals surface area contributed by atoms with E-state index < -0.39 is 0 Å². The van der Waals surface area contributed by atoms with Crippen LogP contribution in [0.15, 0.2) is 210 Å². The number of hydrogen-bond acceptors (Lipinski definition) is 5. The van der Waals surface area contributed by atoms with Gasteiger partial charge in [-0.05, 0) is 145 Å². The molecule has 1 aliphatic carbocycles. The van der Waals surface area contributed by atoms with Crippen molar-refractivity contribution in [1.82, 2.24) is 19.1 Å². The Hall–Kier alpha value is -9.51. The van der Waals surface area contributed by atoms with E-state index in [0.29, 0.717) is 45.3 Å². The number of fused-ring (bicyclic) bond motifs is 9. The fourth-order valence-corrected chi connectivity index (χ4v) is 14.4. The number of furan rings is 1. The number of para-hydroxylation sites is 1. The molecule has 7 nitrogen and oxygen atoms in total. The number of nitrogens with zero attached hydrogens (tertiary/aromatic N) is 5. The zero-order valence-electron chi connectivity index (χ0n) is 60.0. The maximum absolute atomic E-state index is 12.9. The van der Waals surface area contributed by atoms with E-state index in [2.05, 4.69) is 304 Å². The van der Waals surface area contributed by atoms with Gasteiger partial charge in [0.2, 0.25) is 0 Å². The summed E-state index contributed by atoms with van der Waals surface area (Å²) < 4.78 is 12.6. The fraction of sp³-hybridized carbons (Fsp3) is 0.315. The van der Waals surface area contributed by atoms with Crippen LogP contribution in [0.25, 0.3) is 111 Å². The van der Waals surface area contributed by atoms with Crippen molar-refractivity contribution in [2.75, 3.05) is 5.32 Å². The third-order valence-corrected chi connectivity index (χ3v) is 20.8. The topological polar surface area (TPSA) is 84.6 Å². The SMILES string of the molecule is C=C(/C=C\C(C)([C@H]1C=CC(C(C)(C)C)=CC1)C(C)(C)C)Nc1c(-n2c3ccc(C(C)(C)C)cc3c3cc(C(C)(C)C)ccc32)c(C#N)c(-n2c3ccc(C(C)(C)C)cc3c3cc(C(C)(C)C)ccc32)c2c1oc1c(-c3cc(-c4ccccc4)nc(-c4ccccc4)n3)cccc12. The molecule has 0 amide bonds. The Balaban J connectivity index is 1.21. The predicted octanol–water partition coefficient (Wildman–Crippen LogP) is 24.7. The molecule has 1 aliphatic rings. The molecule has 0 saturated heterocycles. The summed E-state index contributed by atoms with van der Waals surface area (Å²) in [5.74, 6) is 0.820. The highest BCUT2D eigenvalue weighted by Gasteiger charge is 2.42. The highest BCUT2D eigenvalue weighted by Crippen LogP contribution is 2.53. The van der Waals surface area contributed by atoms with Crippen LogP contribution in [0, 0.1) is 33.5 Å². The van der Waals surface area contributed by atoms with Gasteiger partial charge in [-0.3, -0.25) is 0 Å². The third-order valence-electron chi connectivity index (χ3n) is 20.8. The summed E-state index contributed by atoms with van der Waals surface area (Å²) in [6.45, 7) is 48.6. The van der Waals surface area contributed by atoms with Gasteiger partial charge in [0.1, 0.15) is 22.9 Å². The molecule has 4 heterocycles. The summed E-state index contributed by atoms with van der Waals surface area (Å²) >= 11 is 0. The van der Waals surface area contributed by atoms with E-state index in [-0.39, 0.29) is 43.8 Å². The highest BCUT2D eigenvalue weighted by atomic mass is 16.3. The molecule has 0 spiro atoms. The quantitative estimate of drug-likeness (QED) is 0.138. The molecule has 1 unspecified atom stereocenters. The van der Waals surface area contributed by atoms with Crippen LogP contribution in [-0.2, 0) is 21.7 Å². The second-order valence-electron chi connectivity index (χ2n) is 33.5. The number of rotatable bonds is 10. The molecule has 0 fully saturated rings. The van der Waals surface area contributed by atoms with Gasteiger partial charge in [-0.15, -0.1) is 0 Å². The first-order chi connectivity index (χ1) is 45.1. The van der Waals surface area contributed by atoms with Crippen LogP contribution in [-0.4, -0.2) is 19.1 Å². The molecule has 0 aliphatic heterocycles. The van der Waals surface area contributed by atoms with E-state index in [0.717, 1.165) is 88.9 Å². The first-order valence-electron chi connectivity index (χ1n) is 34.3. The number of nitriles is 1. The van der Waals surface area contributed by atoms with Crippen LogP contribution in [0.1, 0.15) is 166 Å². The van der Waals surface area contributed by atoms with Gasteiger partial charge >= 0.3 is 0 Å². The van der Waals surface area contributed by atoms with Crippen molar-refractivity contribution in [2.24, 2.45) is 22.2 Å². The standard InChI is InChI=1S/C89H94N6O/c1-54(46-47-89(20,88(17,18)19)58-36-34-57(35-37-58)83(2,3)4)91-77-79(95-74-44-40-61(86(11,12)13)50-67(74)68-51-62(87(14,15)16)41-45-75(68)95)69(53-90)78(94-72-42-38-59(84(5,6)7)48-65(72)66-49-60(85(8,9)10)39-43-73(66)94)76-64-33-27-32-63(80(64)96-81(76)77)71-52-70(55-28-23-21-24-29-55)92-82(93-71)56-30-25-22-26-31-56/h21-36,38-52,58,91H,1,37H2,2-20H3/b47-46-/t58-,89?/m0/s1. The largest absolute Gasteiger partial charge is 0.453 e. The maximum atomic E-state index is 12.9. The number of nitrogens with one attached hydrogen (secondary N) is 1. The Kier molecular flexibility index (Phi) is 15.7. The molecule has 8 aromatic carbocycles. The number of allylic oxidation sites excluding steroid dienone is 6. The zero-order chi connectivity index (χ0) is 68.6. The summed E-state index contributed by atoms with van der Waals surface area (Å²) in [4.78, 5) is 10.7. The Morgan fingerprint density at radius 2 is 0.990 bits per heavy atom. The average molecular weight is 1260 g/mol. The molecule has 0 saturated carbocycles. The van der Waals surface area contributed by atoms with E-state index >= 15 is 0 Å². The van der Waals surface area contributed by atoms with Gasteiger partial charge < -0.3 is 18.9 Å². The van der Waals surface area contributed by atoms with Crippen LogP contribution in [0.3, 0.4) is 0 Å². The van der Waals surface area contributed by atoms with Crippen LogP contribution in [0.2, 0.25) is 0 Å². The van der Waals surface area contributed by atoms with Crippen molar-refractivity contribution >= 4 is 71.2 Å². The minimum Gasteiger partial charge on any atom is -0.453 e. The predicted molar refractivity (Wildman–Crippen MR) is 408 cm³/mol. The number of anilines is 1. The molecule has 2 atom stereocenters. The molecule has 0 bridgehead atoms. The minimum absolute atomic E-state index is 0.0458. The molecule has 12 aromatic rings. The van der Waals surface area contributed by atoms with Crippen molar-refractivity contribution in [3.05, 3.63) is 234 Å². The van der Waals surface area contributed by atoms with Gasteiger partial charge in [-0.1, -0.05) is 259 Å². The lowest BCUT2D eigenvalue weighted by molar-refractivity contribution is 0.113. The Bertz CT molecular complexity index is 5060. The third kappa shape index (κ3) is 11.4. The average Bonchev–Trinajstić information content (AvgIpc) is 1.52. The van der Waals surface area contributed by atoms with Crippen LogP contribution >= 0.6 is 0 Å². The van der Waals surface area contributed by atoms with Crippen molar-refractivity contribution in [1.29, 1.82) is 5.26 Å². The smallest absolute Gasteiger partial charge is 0.163 e. The van der Waals surface area contributed by atoms with Crippen molar-refractivity contribution in [2.45, 2.75) is 160 Å². The van der Waals surface area contributed by atoms with E-state index in [4.69, 9.17) is 21.0 Å². The molecule has 4 aromatic heterocycles. The van der Waals surface area contributed by atoms with Crippen molar-refractivity contribution < 1.29 is 4.42 Å². The number of hydrogen-bond donors (Lipinski definition) is 1. The molecule has 1 N–H and O–H groups in total. The minimum atomic E-state index is -0.310. The Labute approximate surface area is 569 Å². The normalized spacial score (nSPS) is 15.2.